The van der Waals surface area contributed by atoms with Crippen molar-refractivity contribution < 1.29 is 4.39 Å². The summed E-state index contributed by atoms with van der Waals surface area (Å²) in [6.07, 6.45) is 2.80. The van der Waals surface area contributed by atoms with Crippen LogP contribution in [0.5, 0.6) is 0 Å². The van der Waals surface area contributed by atoms with Crippen molar-refractivity contribution in [1.82, 2.24) is 19.3 Å². The molecule has 20 heavy (non-hydrogen) atoms. The van der Waals surface area contributed by atoms with Gasteiger partial charge < -0.3 is 4.57 Å². The molecule has 0 aliphatic carbocycles. The number of fused-ring (bicyclic) bond motifs is 1. The topological polar surface area (TPSA) is 52.7 Å². The molecule has 98 valence electrons. The van der Waals surface area contributed by atoms with Crippen LogP contribution in [0.1, 0.15) is 5.56 Å². The minimum absolute atomic E-state index is 0.200. The van der Waals surface area contributed by atoms with Gasteiger partial charge in [0.25, 0.3) is 5.56 Å². The van der Waals surface area contributed by atoms with Crippen LogP contribution >= 0.6 is 0 Å². The van der Waals surface area contributed by atoms with Crippen molar-refractivity contribution in [3.63, 3.8) is 0 Å². The van der Waals surface area contributed by atoms with Crippen molar-refractivity contribution in [3.8, 4) is 12.0 Å². The maximum absolute atomic E-state index is 13.4. The Morgan fingerprint density at radius 3 is 2.90 bits per heavy atom. The molecule has 0 unspecified atom stereocenters. The van der Waals surface area contributed by atoms with Gasteiger partial charge in [0.05, 0.1) is 18.1 Å². The summed E-state index contributed by atoms with van der Waals surface area (Å²) in [5.41, 5.74) is 0.422. The van der Waals surface area contributed by atoms with E-state index in [1.165, 1.54) is 27.8 Å². The largest absolute Gasteiger partial charge is 0.302 e. The highest BCUT2D eigenvalue weighted by molar-refractivity contribution is 5.73. The number of benzene rings is 1. The predicted molar refractivity (Wildman–Crippen MR) is 71.4 cm³/mol. The van der Waals surface area contributed by atoms with Gasteiger partial charge in [-0.05, 0) is 18.1 Å². The smallest absolute Gasteiger partial charge is 0.264 e. The van der Waals surface area contributed by atoms with Crippen LogP contribution in [0.2, 0.25) is 0 Å². The monoisotopic (exact) mass is 268 g/mol. The van der Waals surface area contributed by atoms with Crippen LogP contribution in [0.25, 0.3) is 11.0 Å². The first-order valence-electron chi connectivity index (χ1n) is 5.83. The summed E-state index contributed by atoms with van der Waals surface area (Å²) in [5.74, 6) is 2.27. The number of aryl methyl sites for hydroxylation is 1. The Labute approximate surface area is 113 Å². The van der Waals surface area contributed by atoms with Gasteiger partial charge >= 0.3 is 0 Å². The standard InChI is InChI=1S/C14H9FN4O/c1-18-9-16-13-11(14(18)20)8-17-19(13)7-6-10-4-2-3-5-12(10)15/h2-5,8-9H,1H3. The molecule has 3 aromatic rings. The normalized spacial score (nSPS) is 10.3. The summed E-state index contributed by atoms with van der Waals surface area (Å²) in [7, 11) is 1.61. The first-order valence-corrected chi connectivity index (χ1v) is 5.83. The summed E-state index contributed by atoms with van der Waals surface area (Å²) in [6.45, 7) is 0. The van der Waals surface area contributed by atoms with E-state index in [1.54, 1.807) is 25.2 Å². The summed E-state index contributed by atoms with van der Waals surface area (Å²) < 4.78 is 16.1. The maximum atomic E-state index is 13.4. The van der Waals surface area contributed by atoms with E-state index < -0.39 is 5.82 Å². The van der Waals surface area contributed by atoms with Crippen molar-refractivity contribution in [2.24, 2.45) is 7.05 Å². The number of nitrogens with zero attached hydrogens (tertiary/aromatic N) is 4. The number of halogens is 1. The second kappa shape index (κ2) is 4.63. The van der Waals surface area contributed by atoms with Gasteiger partial charge in [0.1, 0.15) is 11.2 Å². The van der Waals surface area contributed by atoms with E-state index in [0.29, 0.717) is 11.0 Å². The molecule has 0 radical (unpaired) electrons. The van der Waals surface area contributed by atoms with Gasteiger partial charge in [0.15, 0.2) is 5.65 Å². The zero-order valence-electron chi connectivity index (χ0n) is 10.5. The van der Waals surface area contributed by atoms with Gasteiger partial charge in [-0.2, -0.15) is 9.78 Å². The van der Waals surface area contributed by atoms with E-state index in [9.17, 15) is 9.18 Å². The Bertz CT molecular complexity index is 914. The second-order valence-electron chi connectivity index (χ2n) is 4.17. The third kappa shape index (κ3) is 1.95. The molecule has 0 saturated heterocycles. The molecule has 3 rings (SSSR count). The van der Waals surface area contributed by atoms with E-state index in [1.807, 2.05) is 0 Å². The maximum Gasteiger partial charge on any atom is 0.264 e. The Balaban J connectivity index is 2.12. The number of hydrogen-bond donors (Lipinski definition) is 0. The molecule has 0 saturated carbocycles. The molecule has 6 heteroatoms. The van der Waals surface area contributed by atoms with E-state index >= 15 is 0 Å². The molecule has 2 aromatic heterocycles. The van der Waals surface area contributed by atoms with Crippen LogP contribution in [0.15, 0.2) is 41.6 Å². The first kappa shape index (κ1) is 12.1. The summed E-state index contributed by atoms with van der Waals surface area (Å²) in [6, 6.07) is 8.87. The van der Waals surface area contributed by atoms with Crippen LogP contribution < -0.4 is 5.56 Å². The molecule has 0 spiro atoms. The fourth-order valence-corrected chi connectivity index (χ4v) is 1.76. The molecule has 0 fully saturated rings. The number of aromatic nitrogens is 4. The van der Waals surface area contributed by atoms with E-state index in [0.717, 1.165) is 0 Å². The van der Waals surface area contributed by atoms with Crippen LogP contribution in [0.4, 0.5) is 4.39 Å². The van der Waals surface area contributed by atoms with E-state index in [4.69, 9.17) is 0 Å². The first-order chi connectivity index (χ1) is 9.66. The van der Waals surface area contributed by atoms with E-state index in [-0.39, 0.29) is 11.1 Å². The fourth-order valence-electron chi connectivity index (χ4n) is 1.76. The predicted octanol–water partition coefficient (Wildman–Crippen LogP) is 1.13. The average molecular weight is 268 g/mol. The lowest BCUT2D eigenvalue weighted by Gasteiger charge is -1.95. The van der Waals surface area contributed by atoms with Gasteiger partial charge in [-0.1, -0.05) is 12.1 Å². The van der Waals surface area contributed by atoms with Crippen LogP contribution in [-0.4, -0.2) is 19.3 Å². The van der Waals surface area contributed by atoms with Crippen LogP contribution in [0.3, 0.4) is 0 Å². The highest BCUT2D eigenvalue weighted by atomic mass is 19.1. The average Bonchev–Trinajstić information content (AvgIpc) is 2.86. The molecule has 1 aromatic carbocycles. The summed E-state index contributed by atoms with van der Waals surface area (Å²) in [5, 5.41) is 4.36. The SMILES string of the molecule is Cn1cnc2c(cnn2C#Cc2ccccc2F)c1=O. The molecule has 0 aliphatic heterocycles. The molecular formula is C14H9FN4O. The van der Waals surface area contributed by atoms with Crippen molar-refractivity contribution >= 4 is 11.0 Å². The quantitative estimate of drug-likeness (QED) is 0.574. The fraction of sp³-hybridized carbons (Fsp3) is 0.0714. The Kier molecular flexibility index (Phi) is 2.80. The lowest BCUT2D eigenvalue weighted by atomic mass is 10.2. The molecule has 5 nitrogen and oxygen atoms in total. The molecule has 0 amide bonds. The third-order valence-electron chi connectivity index (χ3n) is 2.82. The van der Waals surface area contributed by atoms with Gasteiger partial charge in [-0.3, -0.25) is 4.79 Å². The molecular weight excluding hydrogens is 259 g/mol. The zero-order chi connectivity index (χ0) is 14.1. The lowest BCUT2D eigenvalue weighted by Crippen LogP contribution is -2.16. The molecule has 2 heterocycles. The third-order valence-corrected chi connectivity index (χ3v) is 2.82. The van der Waals surface area contributed by atoms with Crippen molar-refractivity contribution in [2.45, 2.75) is 0 Å². The second-order valence-corrected chi connectivity index (χ2v) is 4.17. The Morgan fingerprint density at radius 1 is 1.30 bits per heavy atom. The molecule has 0 aliphatic rings. The van der Waals surface area contributed by atoms with Gasteiger partial charge in [-0.15, -0.1) is 0 Å². The number of rotatable bonds is 0. The lowest BCUT2D eigenvalue weighted by molar-refractivity contribution is 0.624. The van der Waals surface area contributed by atoms with Crippen LogP contribution in [-0.2, 0) is 7.05 Å². The highest BCUT2D eigenvalue weighted by Gasteiger charge is 2.07. The van der Waals surface area contributed by atoms with Crippen molar-refractivity contribution in [3.05, 3.63) is 58.5 Å². The molecule has 0 atom stereocenters. The van der Waals surface area contributed by atoms with Crippen molar-refractivity contribution in [1.29, 1.82) is 0 Å². The highest BCUT2D eigenvalue weighted by Crippen LogP contribution is 2.06. The van der Waals surface area contributed by atoms with E-state index in [2.05, 4.69) is 22.0 Å². The van der Waals surface area contributed by atoms with Crippen molar-refractivity contribution in [2.75, 3.05) is 0 Å². The zero-order valence-corrected chi connectivity index (χ0v) is 10.5. The number of hydrogen-bond acceptors (Lipinski definition) is 3. The minimum atomic E-state index is -0.402. The van der Waals surface area contributed by atoms with Gasteiger partial charge in [-0.25, -0.2) is 9.37 Å². The van der Waals surface area contributed by atoms with Gasteiger partial charge in [0.2, 0.25) is 0 Å². The Morgan fingerprint density at radius 2 is 2.10 bits per heavy atom. The Hall–Kier alpha value is -2.94. The van der Waals surface area contributed by atoms with Gasteiger partial charge in [0, 0.05) is 13.1 Å². The summed E-state index contributed by atoms with van der Waals surface area (Å²) >= 11 is 0. The van der Waals surface area contributed by atoms with Crippen LogP contribution in [0, 0.1) is 17.8 Å². The minimum Gasteiger partial charge on any atom is -0.302 e. The molecule has 0 bridgehead atoms. The molecule has 0 N–H and O–H groups in total. The summed E-state index contributed by atoms with van der Waals surface area (Å²) in [4.78, 5) is 15.9.